The van der Waals surface area contributed by atoms with Crippen LogP contribution in [-0.4, -0.2) is 31.7 Å². The Labute approximate surface area is 131 Å². The highest BCUT2D eigenvalue weighted by Crippen LogP contribution is 2.63. The molecule has 1 unspecified atom stereocenters. The second-order valence-electron chi connectivity index (χ2n) is 5.37. The predicted molar refractivity (Wildman–Crippen MR) is 83.2 cm³/mol. The van der Waals surface area contributed by atoms with Crippen molar-refractivity contribution in [2.24, 2.45) is 11.0 Å². The van der Waals surface area contributed by atoms with Gasteiger partial charge in [-0.25, -0.2) is 0 Å². The number of hydrogen-bond donors (Lipinski definition) is 0. The lowest BCUT2D eigenvalue weighted by atomic mass is 10.1. The lowest BCUT2D eigenvalue weighted by Crippen LogP contribution is -2.31. The number of thioether (sulfide) groups is 1. The van der Waals surface area contributed by atoms with Crippen LogP contribution >= 0.6 is 35.0 Å². The summed E-state index contributed by atoms with van der Waals surface area (Å²) in [5.41, 5.74) is -0.709. The van der Waals surface area contributed by atoms with Gasteiger partial charge in [-0.15, -0.1) is 33.4 Å². The van der Waals surface area contributed by atoms with E-state index < -0.39 is 9.75 Å². The van der Waals surface area contributed by atoms with Gasteiger partial charge in [-0.1, -0.05) is 32.5 Å². The largest absolute Gasteiger partial charge is 0.297 e. The third kappa shape index (κ3) is 2.61. The summed E-state index contributed by atoms with van der Waals surface area (Å²) in [6.07, 6.45) is 3.99. The quantitative estimate of drug-likeness (QED) is 0.482. The van der Waals surface area contributed by atoms with E-state index >= 15 is 0 Å². The Bertz CT molecular complexity index is 614. The molecule has 0 saturated heterocycles. The molecule has 1 heterocycles. The fourth-order valence-corrected chi connectivity index (χ4v) is 2.94. The van der Waals surface area contributed by atoms with Crippen LogP contribution in [0.3, 0.4) is 0 Å². The number of rotatable bonds is 4. The van der Waals surface area contributed by atoms with E-state index in [0.29, 0.717) is 11.6 Å². The second-order valence-corrected chi connectivity index (χ2v) is 7.63. The second kappa shape index (κ2) is 5.31. The molecule has 0 bridgehead atoms. The molecule has 1 fully saturated rings. The van der Waals surface area contributed by atoms with Crippen molar-refractivity contribution in [1.29, 1.82) is 0 Å². The average Bonchev–Trinajstić information content (AvgIpc) is 2.86. The Kier molecular flexibility index (Phi) is 4.19. The maximum Gasteiger partial charge on any atom is 0.297 e. The van der Waals surface area contributed by atoms with Gasteiger partial charge >= 0.3 is 0 Å². The summed E-state index contributed by atoms with van der Waals surface area (Å²) >= 11 is 13.5. The lowest BCUT2D eigenvalue weighted by molar-refractivity contribution is 0.582. The van der Waals surface area contributed by atoms with Crippen molar-refractivity contribution < 1.29 is 0 Å². The van der Waals surface area contributed by atoms with Crippen LogP contribution in [0, 0.1) is 5.92 Å². The molecule has 1 aromatic heterocycles. The zero-order chi connectivity index (χ0) is 15.1. The SMILES string of the molecule is CSc1nnc(C2(C)CC2(Cl)Cl)c(=O)n1/N=C/C(C)C. The van der Waals surface area contributed by atoms with Gasteiger partial charge in [-0.3, -0.25) is 4.79 Å². The molecule has 0 radical (unpaired) electrons. The summed E-state index contributed by atoms with van der Waals surface area (Å²) in [5.74, 6) is 0.227. The molecule has 8 heteroatoms. The fraction of sp³-hybridized carbons (Fsp3) is 0.667. The number of halogens is 2. The normalized spacial score (nSPS) is 24.6. The fourth-order valence-electron chi connectivity index (χ4n) is 1.80. The number of aromatic nitrogens is 3. The van der Waals surface area contributed by atoms with Crippen LogP contribution in [0.4, 0.5) is 0 Å². The summed E-state index contributed by atoms with van der Waals surface area (Å²) < 4.78 is 0.307. The minimum Gasteiger partial charge on any atom is -0.265 e. The van der Waals surface area contributed by atoms with Gasteiger partial charge in [0.05, 0.1) is 5.41 Å². The zero-order valence-electron chi connectivity index (χ0n) is 11.7. The molecule has 0 aliphatic heterocycles. The van der Waals surface area contributed by atoms with E-state index in [-0.39, 0.29) is 17.2 Å². The van der Waals surface area contributed by atoms with E-state index in [0.717, 1.165) is 0 Å². The van der Waals surface area contributed by atoms with Crippen LogP contribution < -0.4 is 5.56 Å². The molecule has 0 spiro atoms. The van der Waals surface area contributed by atoms with Crippen LogP contribution in [0.5, 0.6) is 0 Å². The van der Waals surface area contributed by atoms with Crippen molar-refractivity contribution in [3.8, 4) is 0 Å². The number of alkyl halides is 2. The molecule has 1 atom stereocenters. The first-order valence-corrected chi connectivity index (χ1v) is 8.17. The molecule has 0 aromatic carbocycles. The standard InChI is InChI=1S/C12H16Cl2N4OS/c1-7(2)5-15-18-9(19)8(16-17-10(18)20-4)11(3)6-12(11,13)14/h5,7H,6H2,1-4H3/b15-5+. The number of nitrogens with zero attached hydrogens (tertiary/aromatic N) is 4. The molecule has 1 aliphatic rings. The number of hydrogen-bond acceptors (Lipinski definition) is 5. The first-order valence-electron chi connectivity index (χ1n) is 6.19. The van der Waals surface area contributed by atoms with Gasteiger partial charge in [0.25, 0.3) is 5.56 Å². The van der Waals surface area contributed by atoms with E-state index in [1.807, 2.05) is 27.0 Å². The third-order valence-electron chi connectivity index (χ3n) is 3.26. The summed E-state index contributed by atoms with van der Waals surface area (Å²) in [7, 11) is 0. The molecular formula is C12H16Cl2N4OS. The monoisotopic (exact) mass is 334 g/mol. The molecule has 2 rings (SSSR count). The summed E-state index contributed by atoms with van der Waals surface area (Å²) in [4.78, 5) is 12.6. The Morgan fingerprint density at radius 3 is 2.50 bits per heavy atom. The Hall–Kier alpha value is -0.590. The van der Waals surface area contributed by atoms with Crippen LogP contribution in [0.2, 0.25) is 0 Å². The van der Waals surface area contributed by atoms with E-state index in [2.05, 4.69) is 15.3 Å². The third-order valence-corrected chi connectivity index (χ3v) is 4.98. The van der Waals surface area contributed by atoms with Crippen molar-refractivity contribution in [2.75, 3.05) is 6.26 Å². The van der Waals surface area contributed by atoms with Gasteiger partial charge in [0.1, 0.15) is 10.0 Å². The lowest BCUT2D eigenvalue weighted by Gasteiger charge is -2.12. The van der Waals surface area contributed by atoms with E-state index in [1.165, 1.54) is 16.4 Å². The smallest absolute Gasteiger partial charge is 0.265 e. The highest BCUT2D eigenvalue weighted by molar-refractivity contribution is 7.98. The van der Waals surface area contributed by atoms with Crippen molar-refractivity contribution in [1.82, 2.24) is 14.9 Å². The predicted octanol–water partition coefficient (Wildman–Crippen LogP) is 2.69. The maximum absolute atomic E-state index is 12.6. The van der Waals surface area contributed by atoms with Gasteiger partial charge in [-0.05, 0) is 18.6 Å². The van der Waals surface area contributed by atoms with Crippen LogP contribution in [0.25, 0.3) is 0 Å². The van der Waals surface area contributed by atoms with Gasteiger partial charge < -0.3 is 0 Å². The van der Waals surface area contributed by atoms with Gasteiger partial charge in [0.15, 0.2) is 0 Å². The van der Waals surface area contributed by atoms with E-state index in [9.17, 15) is 4.79 Å². The Morgan fingerprint density at radius 2 is 2.05 bits per heavy atom. The Balaban J connectivity index is 2.54. The maximum atomic E-state index is 12.6. The summed E-state index contributed by atoms with van der Waals surface area (Å²) in [6.45, 7) is 5.77. The highest BCUT2D eigenvalue weighted by Gasteiger charge is 2.66. The first kappa shape index (κ1) is 15.8. The minimum absolute atomic E-state index is 0.227. The van der Waals surface area contributed by atoms with Gasteiger partial charge in [0, 0.05) is 6.21 Å². The van der Waals surface area contributed by atoms with E-state index in [4.69, 9.17) is 23.2 Å². The molecule has 0 N–H and O–H groups in total. The molecule has 1 aromatic rings. The van der Waals surface area contributed by atoms with Gasteiger partial charge in [-0.2, -0.15) is 9.78 Å². The van der Waals surface area contributed by atoms with Crippen molar-refractivity contribution in [3.05, 3.63) is 16.0 Å². The molecule has 5 nitrogen and oxygen atoms in total. The van der Waals surface area contributed by atoms with Gasteiger partial charge in [0.2, 0.25) is 5.16 Å². The Morgan fingerprint density at radius 1 is 1.45 bits per heavy atom. The molecule has 110 valence electrons. The van der Waals surface area contributed by atoms with E-state index in [1.54, 1.807) is 6.21 Å². The molecule has 20 heavy (non-hydrogen) atoms. The highest BCUT2D eigenvalue weighted by atomic mass is 35.5. The van der Waals surface area contributed by atoms with Crippen LogP contribution in [-0.2, 0) is 5.41 Å². The van der Waals surface area contributed by atoms with Crippen molar-refractivity contribution in [3.63, 3.8) is 0 Å². The van der Waals surface area contributed by atoms with Crippen molar-refractivity contribution >= 4 is 41.2 Å². The zero-order valence-corrected chi connectivity index (χ0v) is 14.1. The molecule has 1 saturated carbocycles. The van der Waals surface area contributed by atoms with Crippen LogP contribution in [0.1, 0.15) is 32.9 Å². The summed E-state index contributed by atoms with van der Waals surface area (Å²) in [5, 5.41) is 12.7. The molecule has 0 amide bonds. The van der Waals surface area contributed by atoms with Crippen molar-refractivity contribution in [2.45, 2.75) is 42.1 Å². The molecule has 1 aliphatic carbocycles. The summed E-state index contributed by atoms with van der Waals surface area (Å²) in [6, 6.07) is 0. The minimum atomic E-state index is -0.957. The average molecular weight is 335 g/mol. The topological polar surface area (TPSA) is 60.1 Å². The first-order chi connectivity index (χ1) is 9.23. The molecular weight excluding hydrogens is 319 g/mol. The van der Waals surface area contributed by atoms with Crippen LogP contribution in [0.15, 0.2) is 15.1 Å².